The Balaban J connectivity index is 2.11. The van der Waals surface area contributed by atoms with E-state index < -0.39 is 9.84 Å². The van der Waals surface area contributed by atoms with Crippen molar-refractivity contribution in [3.8, 4) is 0 Å². The van der Waals surface area contributed by atoms with Crippen LogP contribution in [-0.2, 0) is 16.4 Å². The molecule has 4 rings (SSSR count). The van der Waals surface area contributed by atoms with Crippen molar-refractivity contribution in [2.45, 2.75) is 21.4 Å². The Labute approximate surface area is 139 Å². The highest BCUT2D eigenvalue weighted by molar-refractivity contribution is 8.00. The lowest BCUT2D eigenvalue weighted by Gasteiger charge is -2.08. The predicted octanol–water partition coefficient (Wildman–Crippen LogP) is 2.89. The molecule has 4 nitrogen and oxygen atoms in total. The molecule has 0 spiro atoms. The van der Waals surface area contributed by atoms with Gasteiger partial charge in [0, 0.05) is 24.2 Å². The Morgan fingerprint density at radius 2 is 1.96 bits per heavy atom. The number of fused-ring (bicyclic) bond motifs is 5. The van der Waals surface area contributed by atoms with Gasteiger partial charge in [-0.05, 0) is 23.8 Å². The van der Waals surface area contributed by atoms with Gasteiger partial charge in [-0.15, -0.1) is 11.8 Å². The number of nitrogens with zero attached hydrogens (tertiary/aromatic N) is 1. The van der Waals surface area contributed by atoms with Gasteiger partial charge in [-0.2, -0.15) is 0 Å². The van der Waals surface area contributed by atoms with Gasteiger partial charge in [-0.3, -0.25) is 0 Å². The van der Waals surface area contributed by atoms with Crippen molar-refractivity contribution in [1.29, 1.82) is 0 Å². The minimum Gasteiger partial charge on any atom is -0.330 e. The molecule has 118 valence electrons. The normalized spacial score (nSPS) is 15.3. The molecule has 0 aliphatic carbocycles. The first-order chi connectivity index (χ1) is 11.1. The smallest absolute Gasteiger partial charge is 0.223 e. The number of rotatable bonds is 3. The van der Waals surface area contributed by atoms with Crippen LogP contribution in [0.3, 0.4) is 0 Å². The molecular formula is C17H16N2O2S2. The van der Waals surface area contributed by atoms with Gasteiger partial charge in [-0.1, -0.05) is 30.3 Å². The second-order valence-corrected chi connectivity index (χ2v) is 8.50. The van der Waals surface area contributed by atoms with Crippen LogP contribution in [0.15, 0.2) is 63.3 Å². The molecule has 0 amide bonds. The van der Waals surface area contributed by atoms with Gasteiger partial charge in [-0.25, -0.2) is 8.42 Å². The zero-order valence-corrected chi connectivity index (χ0v) is 14.0. The standard InChI is InChI=1S/C17H16N2O2S2/c18-8-9-22-16-14-6-1-2-7-15(14)19-11-12-4-3-5-13(10-12)23(20,21)17(16)19/h1-7,10H,8-9,11,18H2. The van der Waals surface area contributed by atoms with E-state index >= 15 is 0 Å². The van der Waals surface area contributed by atoms with Crippen molar-refractivity contribution in [3.05, 3.63) is 54.1 Å². The lowest BCUT2D eigenvalue weighted by molar-refractivity contribution is 0.582. The minimum atomic E-state index is -3.54. The van der Waals surface area contributed by atoms with Gasteiger partial charge in [0.25, 0.3) is 0 Å². The summed E-state index contributed by atoms with van der Waals surface area (Å²) in [6, 6.07) is 15.1. The summed E-state index contributed by atoms with van der Waals surface area (Å²) in [6.07, 6.45) is 0. The highest BCUT2D eigenvalue weighted by atomic mass is 32.2. The van der Waals surface area contributed by atoms with Crippen LogP contribution in [0.2, 0.25) is 0 Å². The molecule has 0 atom stereocenters. The van der Waals surface area contributed by atoms with E-state index in [1.54, 1.807) is 12.1 Å². The molecule has 2 N–H and O–H groups in total. The quantitative estimate of drug-likeness (QED) is 0.581. The van der Waals surface area contributed by atoms with E-state index in [9.17, 15) is 8.42 Å². The summed E-state index contributed by atoms with van der Waals surface area (Å²) in [7, 11) is -3.54. The molecule has 3 aromatic rings. The van der Waals surface area contributed by atoms with Gasteiger partial charge < -0.3 is 10.3 Å². The van der Waals surface area contributed by atoms with Crippen LogP contribution in [0.1, 0.15) is 5.56 Å². The number of thioether (sulfide) groups is 1. The molecule has 0 saturated carbocycles. The van der Waals surface area contributed by atoms with Gasteiger partial charge in [0.1, 0.15) is 0 Å². The molecule has 2 aromatic carbocycles. The Bertz CT molecular complexity index is 1010. The number of aromatic nitrogens is 1. The molecule has 2 bridgehead atoms. The number of hydrogen-bond acceptors (Lipinski definition) is 4. The summed E-state index contributed by atoms with van der Waals surface area (Å²) in [5.41, 5.74) is 7.59. The fraction of sp³-hybridized carbons (Fsp3) is 0.176. The third-order valence-corrected chi connectivity index (χ3v) is 7.13. The Morgan fingerprint density at radius 1 is 1.13 bits per heavy atom. The molecule has 0 saturated heterocycles. The Hall–Kier alpha value is -1.76. The molecule has 0 fully saturated rings. The topological polar surface area (TPSA) is 65.1 Å². The van der Waals surface area contributed by atoms with E-state index in [4.69, 9.17) is 5.73 Å². The van der Waals surface area contributed by atoms with Gasteiger partial charge in [0.05, 0.1) is 15.3 Å². The molecule has 1 aliphatic heterocycles. The Kier molecular flexibility index (Phi) is 3.48. The zero-order chi connectivity index (χ0) is 16.0. The van der Waals surface area contributed by atoms with Crippen LogP contribution in [0.4, 0.5) is 0 Å². The van der Waals surface area contributed by atoms with Crippen LogP contribution < -0.4 is 5.73 Å². The largest absolute Gasteiger partial charge is 0.330 e. The third-order valence-electron chi connectivity index (χ3n) is 4.05. The monoisotopic (exact) mass is 344 g/mol. The Morgan fingerprint density at radius 3 is 2.78 bits per heavy atom. The molecule has 2 heterocycles. The van der Waals surface area contributed by atoms with Crippen LogP contribution in [0.25, 0.3) is 10.9 Å². The maximum absolute atomic E-state index is 13.2. The van der Waals surface area contributed by atoms with Crippen molar-refractivity contribution in [1.82, 2.24) is 4.57 Å². The number of sulfone groups is 1. The fourth-order valence-electron chi connectivity index (χ4n) is 3.08. The highest BCUT2D eigenvalue weighted by Gasteiger charge is 2.31. The van der Waals surface area contributed by atoms with E-state index in [0.29, 0.717) is 28.8 Å². The van der Waals surface area contributed by atoms with Crippen LogP contribution in [0, 0.1) is 0 Å². The van der Waals surface area contributed by atoms with Crippen LogP contribution in [0.5, 0.6) is 0 Å². The summed E-state index contributed by atoms with van der Waals surface area (Å²) >= 11 is 1.52. The molecule has 6 heteroatoms. The van der Waals surface area contributed by atoms with E-state index in [1.165, 1.54) is 11.8 Å². The lowest BCUT2D eigenvalue weighted by atomic mass is 10.2. The van der Waals surface area contributed by atoms with Crippen molar-refractivity contribution in [3.63, 3.8) is 0 Å². The average Bonchev–Trinajstić information content (AvgIpc) is 2.84. The zero-order valence-electron chi connectivity index (χ0n) is 12.4. The van der Waals surface area contributed by atoms with E-state index in [0.717, 1.165) is 21.4 Å². The van der Waals surface area contributed by atoms with E-state index in [1.807, 2.05) is 41.0 Å². The van der Waals surface area contributed by atoms with Crippen LogP contribution in [-0.4, -0.2) is 25.3 Å². The molecule has 0 radical (unpaired) electrons. The first kappa shape index (κ1) is 14.8. The van der Waals surface area contributed by atoms with Crippen molar-refractivity contribution in [2.24, 2.45) is 5.73 Å². The third kappa shape index (κ3) is 2.21. The van der Waals surface area contributed by atoms with Crippen LogP contribution >= 0.6 is 11.8 Å². The summed E-state index contributed by atoms with van der Waals surface area (Å²) in [5.74, 6) is 0.689. The lowest BCUT2D eigenvalue weighted by Crippen LogP contribution is -2.09. The molecular weight excluding hydrogens is 328 g/mol. The molecule has 1 aromatic heterocycles. The minimum absolute atomic E-state index is 0.367. The number of para-hydroxylation sites is 1. The molecule has 23 heavy (non-hydrogen) atoms. The van der Waals surface area contributed by atoms with Gasteiger partial charge in [0.15, 0.2) is 5.03 Å². The summed E-state index contributed by atoms with van der Waals surface area (Å²) in [4.78, 5) is 1.18. The highest BCUT2D eigenvalue weighted by Crippen LogP contribution is 2.41. The number of benzene rings is 2. The molecule has 0 unspecified atom stereocenters. The van der Waals surface area contributed by atoms with Gasteiger partial charge >= 0.3 is 0 Å². The SMILES string of the molecule is NCCSc1c2n(c3ccccc13)Cc1cccc(c1)S2(=O)=O. The maximum atomic E-state index is 13.2. The predicted molar refractivity (Wildman–Crippen MR) is 92.7 cm³/mol. The summed E-state index contributed by atoms with van der Waals surface area (Å²) < 4.78 is 28.3. The average molecular weight is 344 g/mol. The summed E-state index contributed by atoms with van der Waals surface area (Å²) in [5, 5.41) is 1.38. The first-order valence-electron chi connectivity index (χ1n) is 7.41. The second kappa shape index (κ2) is 5.40. The maximum Gasteiger partial charge on any atom is 0.223 e. The fourth-order valence-corrected chi connectivity index (χ4v) is 6.06. The molecule has 1 aliphatic rings. The number of hydrogen-bond donors (Lipinski definition) is 1. The van der Waals surface area contributed by atoms with Crippen molar-refractivity contribution in [2.75, 3.05) is 12.3 Å². The van der Waals surface area contributed by atoms with Crippen molar-refractivity contribution < 1.29 is 8.42 Å². The number of nitrogens with two attached hydrogens (primary N) is 1. The van der Waals surface area contributed by atoms with Crippen molar-refractivity contribution >= 4 is 32.5 Å². The second-order valence-electron chi connectivity index (χ2n) is 5.53. The summed E-state index contributed by atoms with van der Waals surface area (Å²) in [6.45, 7) is 1.07. The first-order valence-corrected chi connectivity index (χ1v) is 9.88. The van der Waals surface area contributed by atoms with E-state index in [2.05, 4.69) is 0 Å². The van der Waals surface area contributed by atoms with Gasteiger partial charge in [0.2, 0.25) is 9.84 Å². The van der Waals surface area contributed by atoms with E-state index in [-0.39, 0.29) is 0 Å².